The summed E-state index contributed by atoms with van der Waals surface area (Å²) in [5.74, 6) is 1.10. The summed E-state index contributed by atoms with van der Waals surface area (Å²) >= 11 is 0. The van der Waals surface area contributed by atoms with Crippen LogP contribution in [0.15, 0.2) is 36.4 Å². The van der Waals surface area contributed by atoms with E-state index in [1.807, 2.05) is 18.2 Å². The van der Waals surface area contributed by atoms with Gasteiger partial charge in [0.1, 0.15) is 12.4 Å². The molecule has 1 aromatic carbocycles. The van der Waals surface area contributed by atoms with E-state index in [2.05, 4.69) is 25.8 Å². The van der Waals surface area contributed by atoms with E-state index in [0.29, 0.717) is 28.8 Å². The van der Waals surface area contributed by atoms with Crippen molar-refractivity contribution in [2.75, 3.05) is 0 Å². The minimum atomic E-state index is -0.432. The Labute approximate surface area is 149 Å². The summed E-state index contributed by atoms with van der Waals surface area (Å²) in [6, 6.07) is 12.1. The number of ether oxygens (including phenoxy) is 1. The second kappa shape index (κ2) is 9.17. The van der Waals surface area contributed by atoms with Gasteiger partial charge in [0.25, 0.3) is 0 Å². The SMILES string of the molecule is CCC[C@H](CC(C)C)c1cccc(OCc2ccc(C#N)cc2F)n1. The third kappa shape index (κ3) is 5.56. The average molecular weight is 340 g/mol. The van der Waals surface area contributed by atoms with E-state index in [4.69, 9.17) is 10.00 Å². The number of aromatic nitrogens is 1. The lowest BCUT2D eigenvalue weighted by Crippen LogP contribution is -2.07. The van der Waals surface area contributed by atoms with Crippen LogP contribution >= 0.6 is 0 Å². The fraction of sp³-hybridized carbons (Fsp3) is 0.429. The second-order valence-corrected chi connectivity index (χ2v) is 6.72. The first-order valence-electron chi connectivity index (χ1n) is 8.81. The lowest BCUT2D eigenvalue weighted by atomic mass is 9.90. The van der Waals surface area contributed by atoms with Crippen LogP contribution in [-0.2, 0) is 6.61 Å². The van der Waals surface area contributed by atoms with Crippen molar-refractivity contribution in [2.45, 2.75) is 52.6 Å². The molecule has 1 heterocycles. The van der Waals surface area contributed by atoms with E-state index in [1.165, 1.54) is 6.07 Å². The van der Waals surface area contributed by atoms with E-state index >= 15 is 0 Å². The van der Waals surface area contributed by atoms with Crippen LogP contribution in [0.4, 0.5) is 4.39 Å². The number of hydrogen-bond acceptors (Lipinski definition) is 3. The van der Waals surface area contributed by atoms with Gasteiger partial charge < -0.3 is 4.74 Å². The molecule has 0 saturated heterocycles. The van der Waals surface area contributed by atoms with Crippen LogP contribution in [0.25, 0.3) is 0 Å². The molecular weight excluding hydrogens is 315 g/mol. The molecule has 25 heavy (non-hydrogen) atoms. The first kappa shape index (κ1) is 18.9. The normalized spacial score (nSPS) is 12.0. The standard InChI is InChI=1S/C21H25FN2O/c1-4-6-17(11-15(2)3)20-7-5-8-21(24-20)25-14-18-10-9-16(13-23)12-19(18)22/h5,7-10,12,15,17H,4,6,11,14H2,1-3H3/t17-/m1/s1. The van der Waals surface area contributed by atoms with E-state index in [-0.39, 0.29) is 6.61 Å². The third-order valence-corrected chi connectivity index (χ3v) is 4.11. The van der Waals surface area contributed by atoms with Gasteiger partial charge >= 0.3 is 0 Å². The number of benzene rings is 1. The van der Waals surface area contributed by atoms with Crippen LogP contribution in [-0.4, -0.2) is 4.98 Å². The van der Waals surface area contributed by atoms with Gasteiger partial charge in [-0.25, -0.2) is 9.37 Å². The largest absolute Gasteiger partial charge is 0.473 e. The van der Waals surface area contributed by atoms with E-state index in [1.54, 1.807) is 18.2 Å². The predicted octanol–water partition coefficient (Wildman–Crippen LogP) is 5.60. The lowest BCUT2D eigenvalue weighted by Gasteiger charge is -2.18. The van der Waals surface area contributed by atoms with Gasteiger partial charge in [0.05, 0.1) is 11.6 Å². The molecule has 0 fully saturated rings. The molecule has 4 heteroatoms. The Bertz CT molecular complexity index is 737. The Hall–Kier alpha value is -2.41. The maximum Gasteiger partial charge on any atom is 0.213 e. The number of pyridine rings is 1. The van der Waals surface area contributed by atoms with Crippen LogP contribution in [0.5, 0.6) is 5.88 Å². The topological polar surface area (TPSA) is 45.9 Å². The fourth-order valence-corrected chi connectivity index (χ4v) is 2.93. The molecule has 0 saturated carbocycles. The molecule has 1 atom stereocenters. The number of halogens is 1. The van der Waals surface area contributed by atoms with Gasteiger partial charge in [-0.15, -0.1) is 0 Å². The molecule has 0 amide bonds. The molecule has 0 spiro atoms. The highest BCUT2D eigenvalue weighted by atomic mass is 19.1. The molecule has 1 aromatic heterocycles. The maximum atomic E-state index is 13.9. The van der Waals surface area contributed by atoms with Crippen molar-refractivity contribution < 1.29 is 9.13 Å². The van der Waals surface area contributed by atoms with Gasteiger partial charge in [-0.2, -0.15) is 5.26 Å². The lowest BCUT2D eigenvalue weighted by molar-refractivity contribution is 0.286. The smallest absolute Gasteiger partial charge is 0.213 e. The van der Waals surface area contributed by atoms with E-state index in [0.717, 1.165) is 25.0 Å². The second-order valence-electron chi connectivity index (χ2n) is 6.72. The highest BCUT2D eigenvalue weighted by Crippen LogP contribution is 2.28. The molecule has 3 nitrogen and oxygen atoms in total. The summed E-state index contributed by atoms with van der Waals surface area (Å²) in [5, 5.41) is 8.79. The van der Waals surface area contributed by atoms with Crippen molar-refractivity contribution >= 4 is 0 Å². The fourth-order valence-electron chi connectivity index (χ4n) is 2.93. The highest BCUT2D eigenvalue weighted by Gasteiger charge is 2.15. The van der Waals surface area contributed by atoms with Crippen molar-refractivity contribution in [3.63, 3.8) is 0 Å². The quantitative estimate of drug-likeness (QED) is 0.628. The van der Waals surface area contributed by atoms with Gasteiger partial charge in [-0.3, -0.25) is 0 Å². The Kier molecular flexibility index (Phi) is 6.94. The molecule has 0 aliphatic heterocycles. The molecule has 2 aromatic rings. The zero-order chi connectivity index (χ0) is 18.2. The van der Waals surface area contributed by atoms with Gasteiger partial charge in [-0.05, 0) is 37.0 Å². The molecule has 0 unspecified atom stereocenters. The van der Waals surface area contributed by atoms with Gasteiger partial charge in [-0.1, -0.05) is 39.3 Å². The summed E-state index contributed by atoms with van der Waals surface area (Å²) in [7, 11) is 0. The van der Waals surface area contributed by atoms with Crippen molar-refractivity contribution in [1.29, 1.82) is 5.26 Å². The van der Waals surface area contributed by atoms with Crippen LogP contribution in [0, 0.1) is 23.1 Å². The zero-order valence-electron chi connectivity index (χ0n) is 15.1. The molecule has 132 valence electrons. The summed E-state index contributed by atoms with van der Waals surface area (Å²) in [6.45, 7) is 6.71. The van der Waals surface area contributed by atoms with Crippen LogP contribution < -0.4 is 4.74 Å². The average Bonchev–Trinajstić information content (AvgIpc) is 2.60. The number of hydrogen-bond donors (Lipinski definition) is 0. The predicted molar refractivity (Wildman–Crippen MR) is 96.8 cm³/mol. The summed E-state index contributed by atoms with van der Waals surface area (Å²) < 4.78 is 19.6. The molecule has 0 aliphatic rings. The molecule has 0 aliphatic carbocycles. The van der Waals surface area contributed by atoms with Crippen LogP contribution in [0.2, 0.25) is 0 Å². The Morgan fingerprint density at radius 2 is 2.04 bits per heavy atom. The summed E-state index contributed by atoms with van der Waals surface area (Å²) in [5.41, 5.74) is 1.75. The first-order chi connectivity index (χ1) is 12.0. The minimum absolute atomic E-state index is 0.0939. The number of rotatable bonds is 8. The van der Waals surface area contributed by atoms with Crippen LogP contribution in [0.1, 0.15) is 62.8 Å². The third-order valence-electron chi connectivity index (χ3n) is 4.11. The van der Waals surface area contributed by atoms with Crippen molar-refractivity contribution in [3.05, 3.63) is 59.0 Å². The van der Waals surface area contributed by atoms with Gasteiger partial charge in [0, 0.05) is 23.2 Å². The van der Waals surface area contributed by atoms with E-state index in [9.17, 15) is 4.39 Å². The minimum Gasteiger partial charge on any atom is -0.473 e. The molecule has 0 bridgehead atoms. The maximum absolute atomic E-state index is 13.9. The summed E-state index contributed by atoms with van der Waals surface area (Å²) in [4.78, 5) is 4.63. The van der Waals surface area contributed by atoms with Crippen molar-refractivity contribution in [2.24, 2.45) is 5.92 Å². The zero-order valence-corrected chi connectivity index (χ0v) is 15.1. The van der Waals surface area contributed by atoms with E-state index < -0.39 is 5.82 Å². The molecule has 2 rings (SSSR count). The molecule has 0 radical (unpaired) electrons. The highest BCUT2D eigenvalue weighted by molar-refractivity contribution is 5.32. The van der Waals surface area contributed by atoms with Gasteiger partial charge in [0.2, 0.25) is 5.88 Å². The summed E-state index contributed by atoms with van der Waals surface area (Å²) in [6.07, 6.45) is 3.30. The van der Waals surface area contributed by atoms with Crippen molar-refractivity contribution in [3.8, 4) is 11.9 Å². The van der Waals surface area contributed by atoms with Gasteiger partial charge in [0.15, 0.2) is 0 Å². The Morgan fingerprint density at radius 3 is 2.68 bits per heavy atom. The Morgan fingerprint density at radius 1 is 1.24 bits per heavy atom. The molecule has 0 N–H and O–H groups in total. The Balaban J connectivity index is 2.09. The van der Waals surface area contributed by atoms with Crippen LogP contribution in [0.3, 0.4) is 0 Å². The number of nitriles is 1. The monoisotopic (exact) mass is 340 g/mol. The van der Waals surface area contributed by atoms with Crippen molar-refractivity contribution in [1.82, 2.24) is 4.98 Å². The molecular formula is C21H25FN2O. The number of nitrogens with zero attached hydrogens (tertiary/aromatic N) is 2. The first-order valence-corrected chi connectivity index (χ1v) is 8.81.